The van der Waals surface area contributed by atoms with Crippen molar-refractivity contribution >= 4 is 10.8 Å². The number of hydrogen-bond donors (Lipinski definition) is 2. The van der Waals surface area contributed by atoms with Crippen LogP contribution in [0, 0.1) is 28.7 Å². The van der Waals surface area contributed by atoms with Gasteiger partial charge in [-0.15, -0.1) is 35.9 Å². The molecular weight excluding hydrogens is 587 g/mol. The Morgan fingerprint density at radius 1 is 0.909 bits per heavy atom. The van der Waals surface area contributed by atoms with Crippen LogP contribution in [-0.2, 0) is 20.1 Å². The molecule has 1 radical (unpaired) electrons. The third-order valence-corrected chi connectivity index (χ3v) is 7.70. The second kappa shape index (κ2) is 10.4. The summed E-state index contributed by atoms with van der Waals surface area (Å²) in [7, 11) is 0. The number of aromatic nitrogens is 1. The van der Waals surface area contributed by atoms with Crippen LogP contribution in [0.3, 0.4) is 0 Å². The Morgan fingerprint density at radius 2 is 1.61 bits per heavy atom. The fraction of sp³-hybridized carbons (Fsp3) is 0.483. The molecule has 2 fully saturated rings. The van der Waals surface area contributed by atoms with E-state index in [2.05, 4.69) is 50.9 Å². The van der Waals surface area contributed by atoms with Gasteiger partial charge in [-0.2, -0.15) is 0 Å². The van der Waals surface area contributed by atoms with Gasteiger partial charge in [-0.25, -0.2) is 0 Å². The molecule has 0 spiro atoms. The van der Waals surface area contributed by atoms with Crippen molar-refractivity contribution in [3.8, 4) is 11.3 Å². The van der Waals surface area contributed by atoms with E-state index in [0.29, 0.717) is 5.92 Å². The molecule has 2 aliphatic rings. The van der Waals surface area contributed by atoms with Gasteiger partial charge >= 0.3 is 0 Å². The van der Waals surface area contributed by atoms with Crippen molar-refractivity contribution in [1.29, 1.82) is 0 Å². The van der Waals surface area contributed by atoms with E-state index in [4.69, 9.17) is 0 Å². The normalized spacial score (nSPS) is 27.5. The molecular formula is C29H36IrNO2-. The third-order valence-electron chi connectivity index (χ3n) is 7.70. The summed E-state index contributed by atoms with van der Waals surface area (Å²) >= 11 is 0. The van der Waals surface area contributed by atoms with E-state index in [1.54, 1.807) is 0 Å². The molecule has 3 aromatic rings. The molecule has 4 atom stereocenters. The van der Waals surface area contributed by atoms with Gasteiger partial charge in [0.25, 0.3) is 0 Å². The number of pyridine rings is 1. The van der Waals surface area contributed by atoms with Gasteiger partial charge < -0.3 is 15.2 Å². The first kappa shape index (κ1) is 26.0. The van der Waals surface area contributed by atoms with Gasteiger partial charge in [0.15, 0.2) is 0 Å². The van der Waals surface area contributed by atoms with Crippen LogP contribution in [0.2, 0.25) is 0 Å². The minimum Gasteiger partial charge on any atom is -0.392 e. The molecule has 33 heavy (non-hydrogen) atoms. The molecule has 2 saturated carbocycles. The van der Waals surface area contributed by atoms with Crippen LogP contribution in [0.5, 0.6) is 0 Å². The van der Waals surface area contributed by atoms with Crippen LogP contribution in [0.25, 0.3) is 22.0 Å². The maximum Gasteiger partial charge on any atom is 0.0646 e. The molecule has 179 valence electrons. The zero-order valence-electron chi connectivity index (χ0n) is 20.1. The molecule has 0 bridgehead atoms. The Morgan fingerprint density at radius 3 is 2.33 bits per heavy atom. The van der Waals surface area contributed by atoms with Crippen LogP contribution >= 0.6 is 0 Å². The maximum atomic E-state index is 10.5. The number of rotatable bonds is 1. The molecule has 0 aliphatic heterocycles. The number of aliphatic hydroxyl groups is 2. The molecule has 4 unspecified atom stereocenters. The van der Waals surface area contributed by atoms with E-state index in [-0.39, 0.29) is 49.1 Å². The summed E-state index contributed by atoms with van der Waals surface area (Å²) in [5, 5.41) is 23.3. The summed E-state index contributed by atoms with van der Waals surface area (Å²) in [5.74, 6) is 0.606. The molecule has 3 nitrogen and oxygen atoms in total. The quantitative estimate of drug-likeness (QED) is 0.314. The van der Waals surface area contributed by atoms with Crippen molar-refractivity contribution in [3.63, 3.8) is 0 Å². The fourth-order valence-electron chi connectivity index (χ4n) is 5.80. The van der Waals surface area contributed by atoms with Crippen molar-refractivity contribution in [2.24, 2.45) is 22.7 Å². The molecule has 1 heterocycles. The van der Waals surface area contributed by atoms with Gasteiger partial charge in [-0.3, -0.25) is 0 Å². The first-order chi connectivity index (χ1) is 15.2. The second-order valence-electron chi connectivity index (χ2n) is 11.0. The number of aliphatic hydroxyl groups excluding tert-OH is 2. The average Bonchev–Trinajstić information content (AvgIpc) is 2.94. The Bertz CT molecular complexity index is 1040. The third kappa shape index (κ3) is 5.41. The topological polar surface area (TPSA) is 53.4 Å². The molecule has 2 N–H and O–H groups in total. The van der Waals surface area contributed by atoms with Crippen LogP contribution in [0.15, 0.2) is 60.8 Å². The monoisotopic (exact) mass is 623 g/mol. The van der Waals surface area contributed by atoms with Crippen LogP contribution < -0.4 is 0 Å². The number of benzene rings is 2. The van der Waals surface area contributed by atoms with Crippen molar-refractivity contribution in [3.05, 3.63) is 66.9 Å². The predicted octanol–water partition coefficient (Wildman–Crippen LogP) is 6.28. The summed E-state index contributed by atoms with van der Waals surface area (Å²) in [5.41, 5.74) is 1.97. The van der Waals surface area contributed by atoms with Gasteiger partial charge in [-0.1, -0.05) is 58.4 Å². The molecule has 0 amide bonds. The van der Waals surface area contributed by atoms with Gasteiger partial charge in [0.1, 0.15) is 0 Å². The average molecular weight is 623 g/mol. The number of fused-ring (bicyclic) bond motifs is 2. The summed E-state index contributed by atoms with van der Waals surface area (Å²) in [4.78, 5) is 4.45. The maximum absolute atomic E-state index is 10.5. The SMILES string of the molecule is CC1(C)CCCC2CC(C)(C)C(O)C2C1O.[Ir].[c-]1ccccc1-c1nccc2ccccc12. The molecule has 2 aliphatic carbocycles. The van der Waals surface area contributed by atoms with E-state index in [1.165, 1.54) is 23.6 Å². The van der Waals surface area contributed by atoms with Crippen molar-refractivity contribution in [1.82, 2.24) is 4.98 Å². The molecule has 0 saturated heterocycles. The summed E-state index contributed by atoms with van der Waals surface area (Å²) in [6.45, 7) is 8.54. The van der Waals surface area contributed by atoms with Gasteiger partial charge in [-0.05, 0) is 58.5 Å². The van der Waals surface area contributed by atoms with Crippen molar-refractivity contribution < 1.29 is 30.3 Å². The Kier molecular flexibility index (Phi) is 8.17. The summed E-state index contributed by atoms with van der Waals surface area (Å²) in [6.07, 6.45) is 5.65. The summed E-state index contributed by atoms with van der Waals surface area (Å²) < 4.78 is 0. The molecule has 2 aromatic carbocycles. The number of hydrogen-bond acceptors (Lipinski definition) is 3. The zero-order chi connectivity index (χ0) is 22.9. The first-order valence-corrected chi connectivity index (χ1v) is 11.9. The Hall–Kier alpha value is -1.58. The fourth-order valence-corrected chi connectivity index (χ4v) is 5.80. The standard InChI is InChI=1S/C15H10N.C14H26O2.Ir/c1-2-7-13(8-3-1)15-14-9-5-4-6-12(14)10-11-16-15;1-13(2)7-5-6-9-8-14(3,4)12(16)10(9)11(13)15;/h1-7,9-11H;9-12,15-16H,5-8H2,1-4H3;/q-1;;. The van der Waals surface area contributed by atoms with Crippen LogP contribution in [-0.4, -0.2) is 27.4 Å². The molecule has 1 aromatic heterocycles. The predicted molar refractivity (Wildman–Crippen MR) is 131 cm³/mol. The van der Waals surface area contributed by atoms with Gasteiger partial charge in [0.2, 0.25) is 0 Å². The Labute approximate surface area is 212 Å². The van der Waals surface area contributed by atoms with E-state index in [1.807, 2.05) is 48.7 Å². The second-order valence-corrected chi connectivity index (χ2v) is 11.0. The smallest absolute Gasteiger partial charge is 0.0646 e. The first-order valence-electron chi connectivity index (χ1n) is 11.9. The van der Waals surface area contributed by atoms with Gasteiger partial charge in [0, 0.05) is 32.2 Å². The van der Waals surface area contributed by atoms with E-state index >= 15 is 0 Å². The van der Waals surface area contributed by atoms with E-state index in [0.717, 1.165) is 24.1 Å². The molecule has 5 rings (SSSR count). The molecule has 4 heteroatoms. The minimum atomic E-state index is -0.350. The van der Waals surface area contributed by atoms with E-state index < -0.39 is 0 Å². The van der Waals surface area contributed by atoms with E-state index in [9.17, 15) is 10.2 Å². The van der Waals surface area contributed by atoms with Crippen molar-refractivity contribution in [2.75, 3.05) is 0 Å². The van der Waals surface area contributed by atoms with Gasteiger partial charge in [0.05, 0.1) is 12.2 Å². The van der Waals surface area contributed by atoms with Crippen molar-refractivity contribution in [2.45, 2.75) is 65.6 Å². The number of nitrogens with zero attached hydrogens (tertiary/aromatic N) is 1. The van der Waals surface area contributed by atoms with Crippen LogP contribution in [0.1, 0.15) is 53.4 Å². The van der Waals surface area contributed by atoms with Crippen LogP contribution in [0.4, 0.5) is 0 Å². The Balaban J connectivity index is 0.000000180. The zero-order valence-corrected chi connectivity index (χ0v) is 22.5. The largest absolute Gasteiger partial charge is 0.392 e. The minimum absolute atomic E-state index is 0. The summed E-state index contributed by atoms with van der Waals surface area (Å²) in [6, 6.07) is 21.4.